The molecule has 1 spiro atoms. The van der Waals surface area contributed by atoms with Gasteiger partial charge in [0.2, 0.25) is 5.95 Å². The average Bonchev–Trinajstić information content (AvgIpc) is 3.56. The van der Waals surface area contributed by atoms with Gasteiger partial charge >= 0.3 is 6.18 Å². The zero-order valence-electron chi connectivity index (χ0n) is 18.9. The molecule has 0 bridgehead atoms. The van der Waals surface area contributed by atoms with Gasteiger partial charge in [-0.05, 0) is 36.1 Å². The number of ether oxygens (including phenoxy) is 1. The van der Waals surface area contributed by atoms with Crippen molar-refractivity contribution >= 4 is 11.6 Å². The van der Waals surface area contributed by atoms with Crippen LogP contribution in [0.3, 0.4) is 0 Å². The predicted octanol–water partition coefficient (Wildman–Crippen LogP) is 5.40. The Kier molecular flexibility index (Phi) is 5.30. The molecular weight excluding hydrogens is 460 g/mol. The van der Waals surface area contributed by atoms with Gasteiger partial charge in [-0.1, -0.05) is 30.3 Å². The minimum absolute atomic E-state index is 0.0614. The molecule has 1 saturated heterocycles. The number of fused-ring (bicyclic) bond motifs is 2. The highest BCUT2D eigenvalue weighted by atomic mass is 19.4. The number of hydrogen-bond acceptors (Lipinski definition) is 5. The van der Waals surface area contributed by atoms with E-state index in [1.807, 2.05) is 11.0 Å². The second kappa shape index (κ2) is 8.27. The van der Waals surface area contributed by atoms with E-state index in [1.165, 1.54) is 11.0 Å². The second-order valence-electron chi connectivity index (χ2n) is 9.49. The summed E-state index contributed by atoms with van der Waals surface area (Å²) in [5.74, 6) is 0.0421. The molecule has 0 radical (unpaired) electrons. The Bertz CT molecular complexity index is 1240. The normalized spacial score (nSPS) is 20.2. The third-order valence-corrected chi connectivity index (χ3v) is 7.30. The first-order chi connectivity index (χ1) is 16.9. The Balaban J connectivity index is 1.37. The molecule has 35 heavy (non-hydrogen) atoms. The first-order valence-corrected chi connectivity index (χ1v) is 11.7. The highest BCUT2D eigenvalue weighted by Crippen LogP contribution is 2.58. The maximum atomic E-state index is 14.2. The maximum Gasteiger partial charge on any atom is 0.408 e. The van der Waals surface area contributed by atoms with Gasteiger partial charge in [-0.25, -0.2) is 14.4 Å². The fraction of sp³-hybridized carbons (Fsp3) is 0.385. The van der Waals surface area contributed by atoms with Crippen molar-refractivity contribution in [3.05, 3.63) is 71.8 Å². The molecular formula is C26H24F4N4O. The summed E-state index contributed by atoms with van der Waals surface area (Å²) in [5, 5.41) is 0. The third kappa shape index (κ3) is 3.96. The number of nitrogens with zero attached hydrogens (tertiary/aromatic N) is 4. The minimum Gasteiger partial charge on any atom is -0.379 e. The second-order valence-corrected chi connectivity index (χ2v) is 9.49. The van der Waals surface area contributed by atoms with Crippen LogP contribution in [0.25, 0.3) is 11.1 Å². The monoisotopic (exact) mass is 484 g/mol. The maximum absolute atomic E-state index is 14.2. The van der Waals surface area contributed by atoms with Crippen molar-refractivity contribution in [1.29, 1.82) is 0 Å². The van der Waals surface area contributed by atoms with Crippen LogP contribution in [-0.4, -0.2) is 53.9 Å². The van der Waals surface area contributed by atoms with Crippen LogP contribution < -0.4 is 4.90 Å². The zero-order chi connectivity index (χ0) is 24.2. The standard InChI is InChI=1S/C26H24F4N4O/c27-21-4-2-1-3-19(21)18-14-31-24(32-15-18)34-16-25(7-8-25)20-6-5-17(13-22(20)34)23(26(28,29)30)33-9-11-35-12-10-33/h1-6,13-15,23H,7-12,16H2. The molecule has 2 fully saturated rings. The molecule has 182 valence electrons. The first kappa shape index (κ1) is 22.4. The largest absolute Gasteiger partial charge is 0.408 e. The Morgan fingerprint density at radius 1 is 0.971 bits per heavy atom. The van der Waals surface area contributed by atoms with Crippen molar-refractivity contribution in [1.82, 2.24) is 14.9 Å². The molecule has 5 nitrogen and oxygen atoms in total. The summed E-state index contributed by atoms with van der Waals surface area (Å²) >= 11 is 0. The summed E-state index contributed by atoms with van der Waals surface area (Å²) in [6.07, 6.45) is 0.678. The van der Waals surface area contributed by atoms with Crippen molar-refractivity contribution in [3.63, 3.8) is 0 Å². The molecule has 2 aromatic carbocycles. The molecule has 1 aromatic heterocycles. The number of halogens is 4. The van der Waals surface area contributed by atoms with Crippen LogP contribution in [0, 0.1) is 5.82 Å². The summed E-state index contributed by atoms with van der Waals surface area (Å²) in [5.41, 5.74) is 2.87. The van der Waals surface area contributed by atoms with Crippen molar-refractivity contribution < 1.29 is 22.3 Å². The quantitative estimate of drug-likeness (QED) is 0.464. The van der Waals surface area contributed by atoms with E-state index in [0.29, 0.717) is 23.6 Å². The van der Waals surface area contributed by atoms with Gasteiger partial charge in [0.05, 0.1) is 13.2 Å². The van der Waals surface area contributed by atoms with Crippen LogP contribution in [0.1, 0.15) is 30.0 Å². The van der Waals surface area contributed by atoms with Crippen LogP contribution in [0.4, 0.5) is 29.2 Å². The van der Waals surface area contributed by atoms with Crippen LogP contribution in [0.2, 0.25) is 0 Å². The molecule has 1 saturated carbocycles. The molecule has 0 amide bonds. The molecule has 3 aromatic rings. The van der Waals surface area contributed by atoms with Gasteiger partial charge in [0.15, 0.2) is 0 Å². The fourth-order valence-electron chi connectivity index (χ4n) is 5.36. The van der Waals surface area contributed by atoms with Gasteiger partial charge in [0.25, 0.3) is 0 Å². The summed E-state index contributed by atoms with van der Waals surface area (Å²) in [6.45, 7) is 1.66. The number of morpholine rings is 1. The topological polar surface area (TPSA) is 41.5 Å². The lowest BCUT2D eigenvalue weighted by atomic mass is 9.95. The molecule has 6 rings (SSSR count). The number of anilines is 2. The number of rotatable bonds is 4. The lowest BCUT2D eigenvalue weighted by Crippen LogP contribution is -2.44. The van der Waals surface area contributed by atoms with E-state index < -0.39 is 12.2 Å². The Morgan fingerprint density at radius 3 is 2.34 bits per heavy atom. The summed E-state index contributed by atoms with van der Waals surface area (Å²) in [6, 6.07) is 9.84. The van der Waals surface area contributed by atoms with Crippen molar-refractivity contribution in [2.75, 3.05) is 37.7 Å². The highest BCUT2D eigenvalue weighted by Gasteiger charge is 2.53. The van der Waals surface area contributed by atoms with Gasteiger partial charge in [-0.15, -0.1) is 0 Å². The first-order valence-electron chi connectivity index (χ1n) is 11.7. The fourth-order valence-corrected chi connectivity index (χ4v) is 5.36. The zero-order valence-corrected chi connectivity index (χ0v) is 18.9. The van der Waals surface area contributed by atoms with Gasteiger partial charge in [-0.3, -0.25) is 4.90 Å². The third-order valence-electron chi connectivity index (χ3n) is 7.30. The molecule has 1 aliphatic carbocycles. The van der Waals surface area contributed by atoms with Crippen LogP contribution >= 0.6 is 0 Å². The van der Waals surface area contributed by atoms with Gasteiger partial charge in [0, 0.05) is 54.3 Å². The molecule has 2 aliphatic heterocycles. The lowest BCUT2D eigenvalue weighted by molar-refractivity contribution is -0.194. The van der Waals surface area contributed by atoms with Crippen molar-refractivity contribution in [3.8, 4) is 11.1 Å². The van der Waals surface area contributed by atoms with E-state index in [-0.39, 0.29) is 43.1 Å². The number of alkyl halides is 3. The van der Waals surface area contributed by atoms with E-state index in [2.05, 4.69) is 9.97 Å². The lowest BCUT2D eigenvalue weighted by Gasteiger charge is -2.36. The predicted molar refractivity (Wildman–Crippen MR) is 123 cm³/mol. The molecule has 3 aliphatic rings. The van der Waals surface area contributed by atoms with Crippen LogP contribution in [0.5, 0.6) is 0 Å². The molecule has 1 atom stereocenters. The number of aromatic nitrogens is 2. The average molecular weight is 484 g/mol. The van der Waals surface area contributed by atoms with Gasteiger partial charge in [-0.2, -0.15) is 13.2 Å². The Morgan fingerprint density at radius 2 is 1.69 bits per heavy atom. The van der Waals surface area contributed by atoms with Gasteiger partial charge in [0.1, 0.15) is 11.9 Å². The highest BCUT2D eigenvalue weighted by molar-refractivity contribution is 5.73. The summed E-state index contributed by atoms with van der Waals surface area (Å²) in [4.78, 5) is 12.3. The van der Waals surface area contributed by atoms with E-state index in [0.717, 1.165) is 24.1 Å². The smallest absolute Gasteiger partial charge is 0.379 e. The van der Waals surface area contributed by atoms with E-state index >= 15 is 0 Å². The summed E-state index contributed by atoms with van der Waals surface area (Å²) < 4.78 is 62.1. The molecule has 9 heteroatoms. The van der Waals surface area contributed by atoms with Gasteiger partial charge < -0.3 is 9.64 Å². The number of benzene rings is 2. The van der Waals surface area contributed by atoms with E-state index in [1.54, 1.807) is 42.7 Å². The van der Waals surface area contributed by atoms with E-state index in [9.17, 15) is 17.6 Å². The Labute approximate surface area is 200 Å². The van der Waals surface area contributed by atoms with E-state index in [4.69, 9.17) is 4.74 Å². The SMILES string of the molecule is Fc1ccccc1-c1cnc(N2CC3(CC3)c3ccc(C(N4CCOCC4)C(F)(F)F)cc32)nc1. The molecule has 1 unspecified atom stereocenters. The van der Waals surface area contributed by atoms with Crippen molar-refractivity contribution in [2.24, 2.45) is 0 Å². The molecule has 3 heterocycles. The molecule has 0 N–H and O–H groups in total. The summed E-state index contributed by atoms with van der Waals surface area (Å²) in [7, 11) is 0. The van der Waals surface area contributed by atoms with Crippen LogP contribution in [-0.2, 0) is 10.2 Å². The Hall–Kier alpha value is -3.04. The van der Waals surface area contributed by atoms with Crippen molar-refractivity contribution in [2.45, 2.75) is 30.5 Å². The minimum atomic E-state index is -4.41. The van der Waals surface area contributed by atoms with Crippen LogP contribution in [0.15, 0.2) is 54.9 Å². The number of hydrogen-bond donors (Lipinski definition) is 0.